The number of fused-ring (bicyclic) bond motifs is 2. The van der Waals surface area contributed by atoms with Gasteiger partial charge in [0.15, 0.2) is 5.43 Å². The molecule has 0 spiro atoms. The molecule has 6 nitrogen and oxygen atoms in total. The van der Waals surface area contributed by atoms with Crippen LogP contribution >= 0.6 is 0 Å². The number of benzene rings is 2. The Hall–Kier alpha value is -3.87. The van der Waals surface area contributed by atoms with Crippen LogP contribution in [0.4, 0.5) is 4.39 Å². The van der Waals surface area contributed by atoms with Crippen molar-refractivity contribution in [1.29, 1.82) is 0 Å². The standard InChI is InChI=1S/C27H24FNO5/c1-16(2)10-12-33-19-6-3-5-17(13-19)24-23-25(30)21-14-18(28)8-9-22(21)34-26(23)27(31)29(24)15-20-7-4-11-32-20/h3-9,11,13-14,16,24H,10,12,15H2,1-2H3. The number of carbonyl (C=O) groups excluding carboxylic acids is 1. The molecule has 7 heteroatoms. The minimum Gasteiger partial charge on any atom is -0.494 e. The van der Waals surface area contributed by atoms with E-state index in [9.17, 15) is 14.0 Å². The van der Waals surface area contributed by atoms with Gasteiger partial charge < -0.3 is 18.5 Å². The highest BCUT2D eigenvalue weighted by atomic mass is 19.1. The second-order valence-corrected chi connectivity index (χ2v) is 8.83. The van der Waals surface area contributed by atoms with E-state index in [4.69, 9.17) is 13.6 Å². The normalized spacial score (nSPS) is 15.4. The Bertz CT molecular complexity index is 1410. The van der Waals surface area contributed by atoms with Crippen LogP contribution in [0.5, 0.6) is 5.75 Å². The molecule has 2 aromatic heterocycles. The summed E-state index contributed by atoms with van der Waals surface area (Å²) in [4.78, 5) is 28.5. The Kier molecular flexibility index (Phi) is 5.69. The van der Waals surface area contributed by atoms with E-state index in [0.717, 1.165) is 12.5 Å². The predicted octanol–water partition coefficient (Wildman–Crippen LogP) is 5.70. The third-order valence-electron chi connectivity index (χ3n) is 5.97. The number of nitrogens with zero attached hydrogens (tertiary/aromatic N) is 1. The number of carbonyl (C=O) groups is 1. The van der Waals surface area contributed by atoms with Crippen LogP contribution in [0.3, 0.4) is 0 Å². The van der Waals surface area contributed by atoms with Gasteiger partial charge in [0.05, 0.1) is 36.4 Å². The van der Waals surface area contributed by atoms with E-state index in [2.05, 4.69) is 13.8 Å². The predicted molar refractivity (Wildman–Crippen MR) is 124 cm³/mol. The van der Waals surface area contributed by atoms with E-state index in [-0.39, 0.29) is 28.8 Å². The monoisotopic (exact) mass is 461 g/mol. The summed E-state index contributed by atoms with van der Waals surface area (Å²) in [5.74, 6) is 0.711. The summed E-state index contributed by atoms with van der Waals surface area (Å²) in [7, 11) is 0. The largest absolute Gasteiger partial charge is 0.494 e. The SMILES string of the molecule is CC(C)CCOc1cccc(C2c3c(oc4ccc(F)cc4c3=O)C(=O)N2Cc2ccco2)c1. The van der Waals surface area contributed by atoms with Gasteiger partial charge in [-0.05, 0) is 60.4 Å². The quantitative estimate of drug-likeness (QED) is 0.353. The molecule has 0 fully saturated rings. The number of rotatable bonds is 7. The highest BCUT2D eigenvalue weighted by molar-refractivity contribution is 5.99. The van der Waals surface area contributed by atoms with Crippen LogP contribution in [0.1, 0.15) is 53.8 Å². The lowest BCUT2D eigenvalue weighted by Gasteiger charge is -2.24. The van der Waals surface area contributed by atoms with Crippen LogP contribution in [0.15, 0.2) is 74.5 Å². The second kappa shape index (κ2) is 8.82. The summed E-state index contributed by atoms with van der Waals surface area (Å²) in [6.45, 7) is 4.95. The molecule has 1 atom stereocenters. The maximum atomic E-state index is 13.9. The third-order valence-corrected chi connectivity index (χ3v) is 5.97. The van der Waals surface area contributed by atoms with E-state index < -0.39 is 23.2 Å². The number of halogens is 1. The average molecular weight is 461 g/mol. The van der Waals surface area contributed by atoms with Crippen LogP contribution in [0.25, 0.3) is 11.0 Å². The molecule has 5 rings (SSSR count). The molecule has 4 aromatic rings. The first-order valence-corrected chi connectivity index (χ1v) is 11.2. The minimum absolute atomic E-state index is 0.0354. The molecule has 0 saturated carbocycles. The van der Waals surface area contributed by atoms with Crippen molar-refractivity contribution in [3.8, 4) is 5.75 Å². The maximum Gasteiger partial charge on any atom is 0.291 e. The molecule has 1 aliphatic heterocycles. The summed E-state index contributed by atoms with van der Waals surface area (Å²) < 4.78 is 31.2. The van der Waals surface area contributed by atoms with Gasteiger partial charge in [-0.25, -0.2) is 4.39 Å². The first kappa shape index (κ1) is 21.9. The molecule has 3 heterocycles. The first-order valence-electron chi connectivity index (χ1n) is 11.2. The molecule has 1 aliphatic rings. The van der Waals surface area contributed by atoms with Gasteiger partial charge in [0.25, 0.3) is 5.91 Å². The fourth-order valence-electron chi connectivity index (χ4n) is 4.26. The molecular formula is C27H24FNO5. The van der Waals surface area contributed by atoms with Crippen molar-refractivity contribution in [1.82, 2.24) is 4.90 Å². The van der Waals surface area contributed by atoms with Crippen molar-refractivity contribution in [2.45, 2.75) is 32.9 Å². The lowest BCUT2D eigenvalue weighted by molar-refractivity contribution is 0.0701. The van der Waals surface area contributed by atoms with Gasteiger partial charge in [-0.1, -0.05) is 26.0 Å². The maximum absolute atomic E-state index is 13.9. The number of furan rings is 1. The van der Waals surface area contributed by atoms with Crippen molar-refractivity contribution >= 4 is 16.9 Å². The number of hydrogen-bond acceptors (Lipinski definition) is 5. The zero-order valence-corrected chi connectivity index (χ0v) is 18.9. The highest BCUT2D eigenvalue weighted by Gasteiger charge is 2.43. The second-order valence-electron chi connectivity index (χ2n) is 8.83. The molecule has 0 radical (unpaired) electrons. The Morgan fingerprint density at radius 1 is 1.09 bits per heavy atom. The van der Waals surface area contributed by atoms with Crippen LogP contribution in [-0.2, 0) is 6.54 Å². The summed E-state index contributed by atoms with van der Waals surface area (Å²) in [5, 5.41) is 0.0979. The molecule has 0 aliphatic carbocycles. The Balaban J connectivity index is 1.63. The van der Waals surface area contributed by atoms with Crippen LogP contribution < -0.4 is 10.2 Å². The fraction of sp³-hybridized carbons (Fsp3) is 0.259. The van der Waals surface area contributed by atoms with E-state index in [1.807, 2.05) is 24.3 Å². The molecule has 1 amide bonds. The minimum atomic E-state index is -0.731. The molecule has 1 unspecified atom stereocenters. The number of ether oxygens (including phenoxy) is 1. The Labute approximate surface area is 195 Å². The smallest absolute Gasteiger partial charge is 0.291 e. The molecule has 0 saturated heterocycles. The van der Waals surface area contributed by atoms with Gasteiger partial charge in [0.2, 0.25) is 5.76 Å². The Morgan fingerprint density at radius 2 is 1.94 bits per heavy atom. The molecular weight excluding hydrogens is 437 g/mol. The van der Waals surface area contributed by atoms with Gasteiger partial charge in [0, 0.05) is 0 Å². The molecule has 174 valence electrons. The summed E-state index contributed by atoms with van der Waals surface area (Å²) in [6.07, 6.45) is 2.43. The highest BCUT2D eigenvalue weighted by Crippen LogP contribution is 2.40. The van der Waals surface area contributed by atoms with Crippen LogP contribution in [-0.4, -0.2) is 17.4 Å². The van der Waals surface area contributed by atoms with Crippen molar-refractivity contribution in [3.63, 3.8) is 0 Å². The number of hydrogen-bond donors (Lipinski definition) is 0. The first-order chi connectivity index (χ1) is 16.4. The lowest BCUT2D eigenvalue weighted by atomic mass is 9.98. The average Bonchev–Trinajstić information content (AvgIpc) is 3.42. The lowest BCUT2D eigenvalue weighted by Crippen LogP contribution is -2.29. The van der Waals surface area contributed by atoms with Crippen LogP contribution in [0, 0.1) is 11.7 Å². The third kappa shape index (κ3) is 3.98. The van der Waals surface area contributed by atoms with Crippen molar-refractivity contribution in [2.24, 2.45) is 5.92 Å². The topological polar surface area (TPSA) is 72.9 Å². The van der Waals surface area contributed by atoms with E-state index >= 15 is 0 Å². The van der Waals surface area contributed by atoms with Crippen molar-refractivity contribution in [2.75, 3.05) is 6.61 Å². The zero-order chi connectivity index (χ0) is 23.8. The van der Waals surface area contributed by atoms with Gasteiger partial charge in [-0.2, -0.15) is 0 Å². The van der Waals surface area contributed by atoms with Crippen molar-refractivity contribution in [3.05, 3.63) is 99.5 Å². The van der Waals surface area contributed by atoms with E-state index in [0.29, 0.717) is 29.6 Å². The summed E-state index contributed by atoms with van der Waals surface area (Å²) in [6, 6.07) is 13.8. The summed E-state index contributed by atoms with van der Waals surface area (Å²) in [5.41, 5.74) is 0.628. The van der Waals surface area contributed by atoms with E-state index in [1.54, 1.807) is 12.1 Å². The molecule has 2 aromatic carbocycles. The van der Waals surface area contributed by atoms with Crippen LogP contribution in [0.2, 0.25) is 0 Å². The molecule has 34 heavy (non-hydrogen) atoms. The fourth-order valence-corrected chi connectivity index (χ4v) is 4.26. The summed E-state index contributed by atoms with van der Waals surface area (Å²) >= 11 is 0. The molecule has 0 N–H and O–H groups in total. The van der Waals surface area contributed by atoms with Gasteiger partial charge >= 0.3 is 0 Å². The van der Waals surface area contributed by atoms with Gasteiger partial charge in [0.1, 0.15) is 22.9 Å². The van der Waals surface area contributed by atoms with E-state index in [1.165, 1.54) is 23.3 Å². The zero-order valence-electron chi connectivity index (χ0n) is 18.9. The van der Waals surface area contributed by atoms with Gasteiger partial charge in [-0.15, -0.1) is 0 Å². The van der Waals surface area contributed by atoms with Gasteiger partial charge in [-0.3, -0.25) is 9.59 Å². The molecule has 0 bridgehead atoms. The number of amides is 1. The van der Waals surface area contributed by atoms with Crippen molar-refractivity contribution < 1.29 is 22.8 Å². The Morgan fingerprint density at radius 3 is 2.71 bits per heavy atom.